The third-order valence-electron chi connectivity index (χ3n) is 5.04. The summed E-state index contributed by atoms with van der Waals surface area (Å²) in [6.45, 7) is 4.76. The normalized spacial score (nSPS) is 24.7. The number of piperidine rings is 1. The second-order valence-electron chi connectivity index (χ2n) is 6.98. The van der Waals surface area contributed by atoms with Gasteiger partial charge < -0.3 is 19.7 Å². The predicted molar refractivity (Wildman–Crippen MR) is 92.1 cm³/mol. The van der Waals surface area contributed by atoms with Crippen molar-refractivity contribution in [2.75, 3.05) is 39.3 Å². The van der Waals surface area contributed by atoms with E-state index < -0.39 is 0 Å². The van der Waals surface area contributed by atoms with Gasteiger partial charge in [-0.05, 0) is 31.9 Å². The molecule has 138 valence electrons. The first-order valence-electron chi connectivity index (χ1n) is 9.03. The first-order valence-corrected chi connectivity index (χ1v) is 9.03. The number of hydrogen-bond acceptors (Lipinski definition) is 5. The van der Waals surface area contributed by atoms with E-state index in [0.29, 0.717) is 26.1 Å². The number of carbonyl (C=O) groups excluding carboxylic acids is 2. The topological polar surface area (TPSA) is 86.0 Å². The number of hydrogen-bond donors (Lipinski definition) is 2. The third kappa shape index (κ3) is 4.41. The van der Waals surface area contributed by atoms with Gasteiger partial charge in [-0.15, -0.1) is 0 Å². The van der Waals surface area contributed by atoms with E-state index in [4.69, 9.17) is 4.42 Å². The lowest BCUT2D eigenvalue weighted by atomic mass is 10.0. The molecule has 25 heavy (non-hydrogen) atoms. The van der Waals surface area contributed by atoms with Crippen molar-refractivity contribution in [3.05, 3.63) is 23.7 Å². The van der Waals surface area contributed by atoms with E-state index >= 15 is 0 Å². The van der Waals surface area contributed by atoms with Gasteiger partial charge in [-0.25, -0.2) is 0 Å². The minimum absolute atomic E-state index is 0.0567. The summed E-state index contributed by atoms with van der Waals surface area (Å²) in [5.74, 6) is 1.70. The fraction of sp³-hybridized carbons (Fsp3) is 0.667. The summed E-state index contributed by atoms with van der Waals surface area (Å²) < 4.78 is 5.77. The molecule has 2 N–H and O–H groups in total. The Hall–Kier alpha value is -1.86. The van der Waals surface area contributed by atoms with Crippen LogP contribution in [-0.4, -0.2) is 72.1 Å². The van der Waals surface area contributed by atoms with Crippen LogP contribution in [0.5, 0.6) is 0 Å². The second kappa shape index (κ2) is 8.01. The molecule has 0 radical (unpaired) electrons. The van der Waals surface area contributed by atoms with Gasteiger partial charge in [-0.2, -0.15) is 0 Å². The molecule has 0 bridgehead atoms. The van der Waals surface area contributed by atoms with Gasteiger partial charge in [-0.1, -0.05) is 0 Å². The first-order chi connectivity index (χ1) is 12.1. The summed E-state index contributed by atoms with van der Waals surface area (Å²) in [4.78, 5) is 28.1. The SMILES string of the molecule is Cc1ccc(C2CN(CCO)CC2NC(=O)CN2CCCCC2=O)o1. The van der Waals surface area contributed by atoms with Crippen molar-refractivity contribution < 1.29 is 19.1 Å². The van der Waals surface area contributed by atoms with Gasteiger partial charge in [0.25, 0.3) is 0 Å². The van der Waals surface area contributed by atoms with Gasteiger partial charge in [-0.3, -0.25) is 14.5 Å². The Morgan fingerprint density at radius 2 is 2.20 bits per heavy atom. The second-order valence-corrected chi connectivity index (χ2v) is 6.98. The number of furan rings is 1. The molecule has 2 amide bonds. The molecule has 7 nitrogen and oxygen atoms in total. The highest BCUT2D eigenvalue weighted by molar-refractivity contribution is 5.85. The van der Waals surface area contributed by atoms with Crippen molar-refractivity contribution in [3.63, 3.8) is 0 Å². The molecule has 2 aliphatic heterocycles. The van der Waals surface area contributed by atoms with Crippen molar-refractivity contribution in [3.8, 4) is 0 Å². The smallest absolute Gasteiger partial charge is 0.239 e. The average Bonchev–Trinajstić information content (AvgIpc) is 3.16. The Bertz CT molecular complexity index is 615. The zero-order valence-corrected chi connectivity index (χ0v) is 14.7. The Kier molecular flexibility index (Phi) is 5.75. The van der Waals surface area contributed by atoms with Crippen LogP contribution in [0, 0.1) is 6.92 Å². The van der Waals surface area contributed by atoms with Gasteiger partial charge >= 0.3 is 0 Å². The molecule has 7 heteroatoms. The molecule has 2 saturated heterocycles. The molecule has 1 aromatic heterocycles. The van der Waals surface area contributed by atoms with Crippen LogP contribution in [0.4, 0.5) is 0 Å². The average molecular weight is 349 g/mol. The number of nitrogens with one attached hydrogen (secondary N) is 1. The predicted octanol–water partition coefficient (Wildman–Crippen LogP) is 0.477. The Balaban J connectivity index is 1.63. The highest BCUT2D eigenvalue weighted by Gasteiger charge is 2.36. The number of carbonyl (C=O) groups is 2. The van der Waals surface area contributed by atoms with Gasteiger partial charge in [0.2, 0.25) is 11.8 Å². The van der Waals surface area contributed by atoms with Crippen molar-refractivity contribution in [2.45, 2.75) is 38.1 Å². The molecule has 2 atom stereocenters. The Morgan fingerprint density at radius 3 is 2.88 bits per heavy atom. The highest BCUT2D eigenvalue weighted by Crippen LogP contribution is 2.29. The number of aryl methyl sites for hydroxylation is 1. The number of β-amino-alcohol motifs (C(OH)–C–C–N with tert-alkyl or cyclic N) is 1. The molecule has 3 rings (SSSR count). The van der Waals surface area contributed by atoms with Crippen LogP contribution in [0.25, 0.3) is 0 Å². The largest absolute Gasteiger partial charge is 0.466 e. The fourth-order valence-corrected chi connectivity index (χ4v) is 3.75. The van der Waals surface area contributed by atoms with Gasteiger partial charge in [0, 0.05) is 32.6 Å². The van der Waals surface area contributed by atoms with Crippen LogP contribution in [-0.2, 0) is 9.59 Å². The molecule has 2 unspecified atom stereocenters. The van der Waals surface area contributed by atoms with Crippen molar-refractivity contribution in [1.29, 1.82) is 0 Å². The maximum Gasteiger partial charge on any atom is 0.239 e. The summed E-state index contributed by atoms with van der Waals surface area (Å²) >= 11 is 0. The van der Waals surface area contributed by atoms with E-state index in [9.17, 15) is 14.7 Å². The molecular weight excluding hydrogens is 322 g/mol. The number of amides is 2. The zero-order valence-electron chi connectivity index (χ0n) is 14.7. The molecule has 0 spiro atoms. The van der Waals surface area contributed by atoms with E-state index in [1.165, 1.54) is 0 Å². The number of likely N-dealkylation sites (tertiary alicyclic amines) is 2. The zero-order chi connectivity index (χ0) is 17.8. The molecule has 2 aliphatic rings. The number of nitrogens with zero attached hydrogens (tertiary/aromatic N) is 2. The third-order valence-corrected chi connectivity index (χ3v) is 5.04. The lowest BCUT2D eigenvalue weighted by molar-refractivity contribution is -0.138. The van der Waals surface area contributed by atoms with Crippen molar-refractivity contribution in [1.82, 2.24) is 15.1 Å². The van der Waals surface area contributed by atoms with Gasteiger partial charge in [0.05, 0.1) is 25.1 Å². The molecule has 2 fully saturated rings. The van der Waals surface area contributed by atoms with Crippen molar-refractivity contribution >= 4 is 11.8 Å². The summed E-state index contributed by atoms with van der Waals surface area (Å²) in [5, 5.41) is 12.3. The highest BCUT2D eigenvalue weighted by atomic mass is 16.3. The van der Waals surface area contributed by atoms with E-state index in [0.717, 1.165) is 30.9 Å². The number of aliphatic hydroxyl groups excluding tert-OH is 1. The van der Waals surface area contributed by atoms with Gasteiger partial charge in [0.1, 0.15) is 11.5 Å². The number of rotatable bonds is 6. The molecule has 0 aliphatic carbocycles. The van der Waals surface area contributed by atoms with E-state index in [2.05, 4.69) is 10.2 Å². The van der Waals surface area contributed by atoms with E-state index in [1.54, 1.807) is 4.90 Å². The van der Waals surface area contributed by atoms with E-state index in [1.807, 2.05) is 19.1 Å². The molecule has 0 saturated carbocycles. The quantitative estimate of drug-likeness (QED) is 0.780. The number of aliphatic hydroxyl groups is 1. The summed E-state index contributed by atoms with van der Waals surface area (Å²) in [6, 6.07) is 3.80. The van der Waals surface area contributed by atoms with Crippen LogP contribution < -0.4 is 5.32 Å². The van der Waals surface area contributed by atoms with Gasteiger partial charge in [0.15, 0.2) is 0 Å². The molecular formula is C18H27N3O4. The van der Waals surface area contributed by atoms with Crippen LogP contribution in [0.3, 0.4) is 0 Å². The summed E-state index contributed by atoms with van der Waals surface area (Å²) in [6.07, 6.45) is 2.41. The van der Waals surface area contributed by atoms with E-state index in [-0.39, 0.29) is 36.9 Å². The molecule has 1 aromatic rings. The molecule has 0 aromatic carbocycles. The first kappa shape index (κ1) is 17.9. The van der Waals surface area contributed by atoms with Crippen LogP contribution >= 0.6 is 0 Å². The monoisotopic (exact) mass is 349 g/mol. The lowest BCUT2D eigenvalue weighted by Crippen LogP contribution is -2.47. The van der Waals surface area contributed by atoms with Crippen molar-refractivity contribution in [2.24, 2.45) is 0 Å². The minimum atomic E-state index is -0.126. The van der Waals surface area contributed by atoms with Crippen LogP contribution in [0.2, 0.25) is 0 Å². The maximum atomic E-state index is 12.5. The van der Waals surface area contributed by atoms with Crippen LogP contribution in [0.15, 0.2) is 16.5 Å². The Morgan fingerprint density at radius 1 is 1.36 bits per heavy atom. The lowest BCUT2D eigenvalue weighted by Gasteiger charge is -2.27. The Labute approximate surface area is 148 Å². The maximum absolute atomic E-state index is 12.5. The minimum Gasteiger partial charge on any atom is -0.466 e. The summed E-state index contributed by atoms with van der Waals surface area (Å²) in [5.41, 5.74) is 0. The summed E-state index contributed by atoms with van der Waals surface area (Å²) in [7, 11) is 0. The molecule has 3 heterocycles. The fourth-order valence-electron chi connectivity index (χ4n) is 3.75. The standard InChI is InChI=1S/C18H27N3O4/c1-13-5-6-16(25-13)14-10-20(8-9-22)11-15(14)19-17(23)12-21-7-3-2-4-18(21)24/h5-6,14-15,22H,2-4,7-12H2,1H3,(H,19,23). The van der Waals surface area contributed by atoms with Crippen LogP contribution in [0.1, 0.15) is 36.7 Å².